The van der Waals surface area contributed by atoms with Gasteiger partial charge in [-0.3, -0.25) is 0 Å². The summed E-state index contributed by atoms with van der Waals surface area (Å²) in [5.41, 5.74) is 5.88. The van der Waals surface area contributed by atoms with Crippen LogP contribution < -0.4 is 10.6 Å². The fraction of sp³-hybridized carbons (Fsp3) is 0.733. The Bertz CT molecular complexity index is 467. The van der Waals surface area contributed by atoms with Crippen LogP contribution in [0.5, 0.6) is 0 Å². The van der Waals surface area contributed by atoms with Crippen molar-refractivity contribution in [1.29, 1.82) is 0 Å². The minimum absolute atomic E-state index is 0.573. The summed E-state index contributed by atoms with van der Waals surface area (Å²) < 4.78 is 0. The van der Waals surface area contributed by atoms with Gasteiger partial charge in [0.05, 0.1) is 0 Å². The average Bonchev–Trinajstić information content (AvgIpc) is 3.00. The lowest BCUT2D eigenvalue weighted by molar-refractivity contribution is 0.249. The van der Waals surface area contributed by atoms with Crippen LogP contribution in [-0.2, 0) is 0 Å². The maximum absolute atomic E-state index is 5.88. The van der Waals surface area contributed by atoms with E-state index in [4.69, 9.17) is 5.73 Å². The van der Waals surface area contributed by atoms with E-state index < -0.39 is 0 Å². The zero-order valence-corrected chi connectivity index (χ0v) is 13.6. The van der Waals surface area contributed by atoms with E-state index in [1.54, 1.807) is 11.8 Å². The predicted molar refractivity (Wildman–Crippen MR) is 88.8 cm³/mol. The van der Waals surface area contributed by atoms with Gasteiger partial charge in [-0.2, -0.15) is 0 Å². The number of hydrogen-bond donors (Lipinski definition) is 1. The summed E-state index contributed by atoms with van der Waals surface area (Å²) in [4.78, 5) is 13.8. The Kier molecular flexibility index (Phi) is 4.85. The molecule has 2 aliphatic rings. The second-order valence-corrected chi connectivity index (χ2v) is 6.85. The molecule has 0 aromatic carbocycles. The quantitative estimate of drug-likeness (QED) is 0.679. The molecule has 2 N–H and O–H groups in total. The molecular weight excluding hydrogens is 282 g/mol. The molecule has 6 heteroatoms. The number of hydrogen-bond acceptors (Lipinski definition) is 6. The fourth-order valence-corrected chi connectivity index (χ4v) is 3.74. The Labute approximate surface area is 131 Å². The number of rotatable bonds is 4. The van der Waals surface area contributed by atoms with Gasteiger partial charge < -0.3 is 15.5 Å². The number of piperidine rings is 1. The van der Waals surface area contributed by atoms with Crippen LogP contribution in [0.15, 0.2) is 11.2 Å². The molecule has 2 saturated heterocycles. The predicted octanol–water partition coefficient (Wildman–Crippen LogP) is 2.09. The van der Waals surface area contributed by atoms with Crippen molar-refractivity contribution in [3.63, 3.8) is 0 Å². The lowest BCUT2D eigenvalue weighted by Crippen LogP contribution is -2.38. The summed E-state index contributed by atoms with van der Waals surface area (Å²) in [6.07, 6.45) is 7.28. The summed E-state index contributed by atoms with van der Waals surface area (Å²) in [7, 11) is 0. The van der Waals surface area contributed by atoms with Crippen LogP contribution in [0, 0.1) is 5.92 Å². The zero-order valence-electron chi connectivity index (χ0n) is 12.8. The van der Waals surface area contributed by atoms with Crippen molar-refractivity contribution in [3.05, 3.63) is 6.07 Å². The van der Waals surface area contributed by atoms with Gasteiger partial charge in [0, 0.05) is 25.7 Å². The third-order valence-corrected chi connectivity index (χ3v) is 5.10. The Morgan fingerprint density at radius 2 is 1.90 bits per heavy atom. The first-order valence-corrected chi connectivity index (χ1v) is 9.13. The number of nitrogen functional groups attached to an aromatic ring is 1. The summed E-state index contributed by atoms with van der Waals surface area (Å²) >= 11 is 1.55. The van der Waals surface area contributed by atoms with Crippen LogP contribution in [0.2, 0.25) is 0 Å². The third kappa shape index (κ3) is 3.80. The molecule has 0 saturated carbocycles. The Hall–Kier alpha value is -1.01. The van der Waals surface area contributed by atoms with Gasteiger partial charge >= 0.3 is 0 Å². The number of anilines is 2. The molecule has 1 aromatic rings. The van der Waals surface area contributed by atoms with Crippen molar-refractivity contribution in [2.24, 2.45) is 5.92 Å². The Morgan fingerprint density at radius 3 is 2.57 bits per heavy atom. The SMILES string of the molecule is CSc1nc(N)cc(N2CCC(CN3CCCC3)CC2)n1. The topological polar surface area (TPSA) is 58.3 Å². The number of nitrogens with zero attached hydrogens (tertiary/aromatic N) is 4. The lowest BCUT2D eigenvalue weighted by Gasteiger charge is -2.34. The molecule has 116 valence electrons. The first-order chi connectivity index (χ1) is 10.2. The fourth-order valence-electron chi connectivity index (χ4n) is 3.36. The highest BCUT2D eigenvalue weighted by Gasteiger charge is 2.23. The summed E-state index contributed by atoms with van der Waals surface area (Å²) in [6, 6.07) is 1.90. The van der Waals surface area contributed by atoms with Crippen LogP contribution in [-0.4, -0.2) is 53.8 Å². The van der Waals surface area contributed by atoms with E-state index in [0.29, 0.717) is 5.82 Å². The van der Waals surface area contributed by atoms with E-state index in [9.17, 15) is 0 Å². The highest BCUT2D eigenvalue weighted by molar-refractivity contribution is 7.98. The van der Waals surface area contributed by atoms with Gasteiger partial charge in [0.15, 0.2) is 5.16 Å². The molecule has 0 atom stereocenters. The van der Waals surface area contributed by atoms with Crippen molar-refractivity contribution in [2.45, 2.75) is 30.8 Å². The maximum Gasteiger partial charge on any atom is 0.191 e. The monoisotopic (exact) mass is 307 g/mol. The van der Waals surface area contributed by atoms with E-state index in [-0.39, 0.29) is 0 Å². The van der Waals surface area contributed by atoms with Crippen molar-refractivity contribution >= 4 is 23.4 Å². The summed E-state index contributed by atoms with van der Waals surface area (Å²) in [5.74, 6) is 2.41. The van der Waals surface area contributed by atoms with E-state index in [2.05, 4.69) is 19.8 Å². The standard InChI is InChI=1S/C15H25N5S/c1-21-15-17-13(16)10-14(18-15)20-8-4-12(5-9-20)11-19-6-2-3-7-19/h10,12H,2-9,11H2,1H3,(H2,16,17,18). The van der Waals surface area contributed by atoms with Gasteiger partial charge in [0.2, 0.25) is 0 Å². The van der Waals surface area contributed by atoms with Crippen LogP contribution in [0.1, 0.15) is 25.7 Å². The molecule has 5 nitrogen and oxygen atoms in total. The minimum atomic E-state index is 0.573. The second kappa shape index (κ2) is 6.83. The largest absolute Gasteiger partial charge is 0.383 e. The van der Waals surface area contributed by atoms with Gasteiger partial charge in [-0.15, -0.1) is 0 Å². The molecule has 0 radical (unpaired) electrons. The van der Waals surface area contributed by atoms with Crippen LogP contribution in [0.3, 0.4) is 0 Å². The van der Waals surface area contributed by atoms with Crippen molar-refractivity contribution in [1.82, 2.24) is 14.9 Å². The van der Waals surface area contributed by atoms with Gasteiger partial charge in [0.1, 0.15) is 11.6 Å². The van der Waals surface area contributed by atoms with E-state index in [0.717, 1.165) is 30.0 Å². The van der Waals surface area contributed by atoms with Gasteiger partial charge in [-0.25, -0.2) is 9.97 Å². The van der Waals surface area contributed by atoms with Crippen LogP contribution in [0.4, 0.5) is 11.6 Å². The third-order valence-electron chi connectivity index (χ3n) is 4.55. The lowest BCUT2D eigenvalue weighted by atomic mass is 9.96. The van der Waals surface area contributed by atoms with Gasteiger partial charge in [-0.1, -0.05) is 11.8 Å². The highest BCUT2D eigenvalue weighted by atomic mass is 32.2. The zero-order chi connectivity index (χ0) is 14.7. The van der Waals surface area contributed by atoms with Crippen molar-refractivity contribution in [3.8, 4) is 0 Å². The second-order valence-electron chi connectivity index (χ2n) is 6.08. The smallest absolute Gasteiger partial charge is 0.191 e. The molecule has 0 bridgehead atoms. The average molecular weight is 307 g/mol. The number of nitrogens with two attached hydrogens (primary N) is 1. The van der Waals surface area contributed by atoms with E-state index >= 15 is 0 Å². The molecule has 21 heavy (non-hydrogen) atoms. The molecule has 0 unspecified atom stereocenters. The maximum atomic E-state index is 5.88. The van der Waals surface area contributed by atoms with Gasteiger partial charge in [-0.05, 0) is 50.9 Å². The minimum Gasteiger partial charge on any atom is -0.383 e. The molecule has 2 fully saturated rings. The Balaban J connectivity index is 1.56. The normalized spacial score (nSPS) is 21.1. The van der Waals surface area contributed by atoms with Crippen LogP contribution >= 0.6 is 11.8 Å². The molecule has 0 amide bonds. The van der Waals surface area contributed by atoms with E-state index in [1.165, 1.54) is 45.3 Å². The summed E-state index contributed by atoms with van der Waals surface area (Å²) in [6.45, 7) is 6.07. The molecule has 0 spiro atoms. The number of thioether (sulfide) groups is 1. The van der Waals surface area contributed by atoms with E-state index in [1.807, 2.05) is 12.3 Å². The van der Waals surface area contributed by atoms with Crippen molar-refractivity contribution < 1.29 is 0 Å². The highest BCUT2D eigenvalue weighted by Crippen LogP contribution is 2.25. The van der Waals surface area contributed by atoms with Crippen molar-refractivity contribution in [2.75, 3.05) is 49.6 Å². The molecule has 1 aromatic heterocycles. The first kappa shape index (κ1) is 14.9. The van der Waals surface area contributed by atoms with Gasteiger partial charge in [0.25, 0.3) is 0 Å². The Morgan fingerprint density at radius 1 is 1.19 bits per heavy atom. The first-order valence-electron chi connectivity index (χ1n) is 7.90. The number of aromatic nitrogens is 2. The summed E-state index contributed by atoms with van der Waals surface area (Å²) in [5, 5.41) is 0.768. The molecule has 2 aliphatic heterocycles. The molecule has 3 heterocycles. The number of likely N-dealkylation sites (tertiary alicyclic amines) is 1. The molecular formula is C15H25N5S. The molecule has 0 aliphatic carbocycles. The molecule has 3 rings (SSSR count). The van der Waals surface area contributed by atoms with Crippen LogP contribution in [0.25, 0.3) is 0 Å².